The van der Waals surface area contributed by atoms with Gasteiger partial charge < -0.3 is 15.8 Å². The Hall–Kier alpha value is -3.07. The van der Waals surface area contributed by atoms with Crippen LogP contribution in [-0.2, 0) is 0 Å². The minimum absolute atomic E-state index is 0.00395. The van der Waals surface area contributed by atoms with Crippen LogP contribution in [0.5, 0.6) is 5.75 Å². The zero-order chi connectivity index (χ0) is 18.1. The number of rotatable bonds is 3. The van der Waals surface area contributed by atoms with Crippen molar-refractivity contribution < 1.29 is 23.2 Å². The van der Waals surface area contributed by atoms with E-state index in [4.69, 9.17) is 10.5 Å². The van der Waals surface area contributed by atoms with Crippen LogP contribution in [0, 0.1) is 21.7 Å². The number of nitro groups is 1. The first-order valence-corrected chi connectivity index (χ1v) is 7.34. The lowest BCUT2D eigenvalue weighted by atomic mass is 9.97. The summed E-state index contributed by atoms with van der Waals surface area (Å²) >= 11 is 0. The molecular formula is C16H13F2N3O4. The first kappa shape index (κ1) is 16.8. The molecule has 2 aromatic rings. The van der Waals surface area contributed by atoms with Crippen molar-refractivity contribution >= 4 is 17.3 Å². The predicted octanol–water partition coefficient (Wildman–Crippen LogP) is 2.91. The zero-order valence-electron chi connectivity index (χ0n) is 12.8. The smallest absolute Gasteiger partial charge is 0.270 e. The Morgan fingerprint density at radius 2 is 2.04 bits per heavy atom. The van der Waals surface area contributed by atoms with Crippen LogP contribution in [0.4, 0.5) is 20.2 Å². The number of carbonyl (C=O) groups is 1. The Kier molecular flexibility index (Phi) is 4.32. The highest BCUT2D eigenvalue weighted by atomic mass is 19.2. The van der Waals surface area contributed by atoms with Crippen molar-refractivity contribution in [2.24, 2.45) is 5.73 Å². The molecule has 2 aromatic carbocycles. The van der Waals surface area contributed by atoms with Gasteiger partial charge in [-0.1, -0.05) is 0 Å². The van der Waals surface area contributed by atoms with E-state index >= 15 is 0 Å². The fourth-order valence-corrected chi connectivity index (χ4v) is 2.56. The SMILES string of the molecule is N[C@H]1CCOc2c(C(=O)Nc3ccc(F)c(F)c3)cc([N+](=O)[O-])cc21. The minimum Gasteiger partial charge on any atom is -0.492 e. The van der Waals surface area contributed by atoms with Crippen molar-refractivity contribution in [3.05, 3.63) is 63.2 Å². The lowest BCUT2D eigenvalue weighted by molar-refractivity contribution is -0.385. The molecule has 1 atom stereocenters. The Balaban J connectivity index is 2.01. The van der Waals surface area contributed by atoms with Crippen molar-refractivity contribution in [1.82, 2.24) is 0 Å². The summed E-state index contributed by atoms with van der Waals surface area (Å²) < 4.78 is 31.7. The van der Waals surface area contributed by atoms with Gasteiger partial charge in [-0.3, -0.25) is 14.9 Å². The van der Waals surface area contributed by atoms with E-state index < -0.39 is 28.5 Å². The molecule has 9 heteroatoms. The summed E-state index contributed by atoms with van der Waals surface area (Å²) in [4.78, 5) is 23.0. The van der Waals surface area contributed by atoms with Crippen LogP contribution in [0.25, 0.3) is 0 Å². The molecule has 130 valence electrons. The van der Waals surface area contributed by atoms with Gasteiger partial charge in [0, 0.05) is 41.9 Å². The number of nitrogens with zero attached hydrogens (tertiary/aromatic N) is 1. The highest BCUT2D eigenvalue weighted by Crippen LogP contribution is 2.37. The van der Waals surface area contributed by atoms with Gasteiger partial charge in [0.25, 0.3) is 11.6 Å². The van der Waals surface area contributed by atoms with E-state index in [1.165, 1.54) is 12.1 Å². The molecule has 0 radical (unpaired) electrons. The summed E-state index contributed by atoms with van der Waals surface area (Å²) in [5, 5.41) is 13.5. The molecule has 0 aliphatic carbocycles. The van der Waals surface area contributed by atoms with Crippen LogP contribution in [0.1, 0.15) is 28.4 Å². The third kappa shape index (κ3) is 3.26. The average Bonchev–Trinajstić information content (AvgIpc) is 2.57. The van der Waals surface area contributed by atoms with Crippen LogP contribution < -0.4 is 15.8 Å². The summed E-state index contributed by atoms with van der Waals surface area (Å²) in [6.07, 6.45) is 0.457. The first-order chi connectivity index (χ1) is 11.9. The number of non-ortho nitro benzene ring substituents is 1. The number of halogens is 2. The van der Waals surface area contributed by atoms with Gasteiger partial charge in [0.1, 0.15) is 5.75 Å². The van der Waals surface area contributed by atoms with E-state index in [2.05, 4.69) is 5.32 Å². The van der Waals surface area contributed by atoms with Crippen molar-refractivity contribution in [2.75, 3.05) is 11.9 Å². The summed E-state index contributed by atoms with van der Waals surface area (Å²) in [5.74, 6) is -2.78. The van der Waals surface area contributed by atoms with Gasteiger partial charge in [-0.05, 0) is 12.1 Å². The van der Waals surface area contributed by atoms with E-state index in [0.29, 0.717) is 12.0 Å². The van der Waals surface area contributed by atoms with Crippen LogP contribution in [0.2, 0.25) is 0 Å². The molecule has 3 N–H and O–H groups in total. The third-order valence-electron chi connectivity index (χ3n) is 3.81. The lowest BCUT2D eigenvalue weighted by Gasteiger charge is -2.24. The molecule has 7 nitrogen and oxygen atoms in total. The molecule has 0 saturated heterocycles. The zero-order valence-corrected chi connectivity index (χ0v) is 12.8. The standard InChI is InChI=1S/C16H13F2N3O4/c17-12-2-1-8(5-13(12)18)20-16(22)11-7-9(21(23)24)6-10-14(19)3-4-25-15(10)11/h1-2,5-7,14H,3-4,19H2,(H,20,22)/t14-/m0/s1. The molecule has 1 heterocycles. The normalized spacial score (nSPS) is 15.9. The molecule has 1 amide bonds. The molecular weight excluding hydrogens is 336 g/mol. The molecule has 3 rings (SSSR count). The maximum Gasteiger partial charge on any atom is 0.270 e. The first-order valence-electron chi connectivity index (χ1n) is 7.34. The second kappa shape index (κ2) is 6.44. The summed E-state index contributed by atoms with van der Waals surface area (Å²) in [7, 11) is 0. The van der Waals surface area contributed by atoms with E-state index in [9.17, 15) is 23.7 Å². The van der Waals surface area contributed by atoms with Crippen molar-refractivity contribution in [3.8, 4) is 5.75 Å². The van der Waals surface area contributed by atoms with Crippen LogP contribution in [-0.4, -0.2) is 17.4 Å². The van der Waals surface area contributed by atoms with Crippen LogP contribution in [0.3, 0.4) is 0 Å². The number of anilines is 1. The lowest BCUT2D eigenvalue weighted by Crippen LogP contribution is -2.24. The topological polar surface area (TPSA) is 107 Å². The molecule has 0 aromatic heterocycles. The fraction of sp³-hybridized carbons (Fsp3) is 0.188. The van der Waals surface area contributed by atoms with Crippen molar-refractivity contribution in [1.29, 1.82) is 0 Å². The van der Waals surface area contributed by atoms with Crippen LogP contribution in [0.15, 0.2) is 30.3 Å². The van der Waals surface area contributed by atoms with Gasteiger partial charge in [0.15, 0.2) is 11.6 Å². The molecule has 0 fully saturated rings. The summed E-state index contributed by atoms with van der Waals surface area (Å²) in [6.45, 7) is 0.261. The molecule has 1 aliphatic heterocycles. The number of hydrogen-bond acceptors (Lipinski definition) is 5. The Morgan fingerprint density at radius 1 is 1.28 bits per heavy atom. The Labute approximate surface area is 140 Å². The van der Waals surface area contributed by atoms with E-state index in [1.54, 1.807) is 0 Å². The van der Waals surface area contributed by atoms with Gasteiger partial charge in [-0.15, -0.1) is 0 Å². The van der Waals surface area contributed by atoms with Gasteiger partial charge in [0.05, 0.1) is 17.1 Å². The monoisotopic (exact) mass is 349 g/mol. The largest absolute Gasteiger partial charge is 0.492 e. The van der Waals surface area contributed by atoms with Gasteiger partial charge in [-0.25, -0.2) is 8.78 Å². The summed E-state index contributed by atoms with van der Waals surface area (Å²) in [5.41, 5.74) is 5.91. The van der Waals surface area contributed by atoms with Crippen molar-refractivity contribution in [2.45, 2.75) is 12.5 Å². The molecule has 0 unspecified atom stereocenters. The molecule has 0 saturated carbocycles. The average molecular weight is 349 g/mol. The second-order valence-electron chi connectivity index (χ2n) is 5.50. The number of fused-ring (bicyclic) bond motifs is 1. The third-order valence-corrected chi connectivity index (χ3v) is 3.81. The van der Waals surface area contributed by atoms with E-state index in [0.717, 1.165) is 18.2 Å². The molecule has 0 spiro atoms. The van der Waals surface area contributed by atoms with Crippen molar-refractivity contribution in [3.63, 3.8) is 0 Å². The van der Waals surface area contributed by atoms with Crippen LogP contribution >= 0.6 is 0 Å². The van der Waals surface area contributed by atoms with E-state index in [-0.39, 0.29) is 29.3 Å². The number of amides is 1. The predicted molar refractivity (Wildman–Crippen MR) is 84.4 cm³/mol. The highest BCUT2D eigenvalue weighted by Gasteiger charge is 2.28. The number of nitrogens with two attached hydrogens (primary N) is 1. The molecule has 1 aliphatic rings. The maximum atomic E-state index is 13.3. The van der Waals surface area contributed by atoms with Gasteiger partial charge in [0.2, 0.25) is 0 Å². The minimum atomic E-state index is -1.13. The van der Waals surface area contributed by atoms with Gasteiger partial charge in [-0.2, -0.15) is 0 Å². The Morgan fingerprint density at radius 3 is 2.72 bits per heavy atom. The fourth-order valence-electron chi connectivity index (χ4n) is 2.56. The second-order valence-corrected chi connectivity index (χ2v) is 5.50. The number of ether oxygens (including phenoxy) is 1. The number of hydrogen-bond donors (Lipinski definition) is 2. The number of benzene rings is 2. The highest BCUT2D eigenvalue weighted by molar-refractivity contribution is 6.07. The molecule has 0 bridgehead atoms. The quantitative estimate of drug-likeness (QED) is 0.654. The summed E-state index contributed by atoms with van der Waals surface area (Å²) in [6, 6.07) is 4.68. The number of nitrogens with one attached hydrogen (secondary N) is 1. The maximum absolute atomic E-state index is 13.3. The van der Waals surface area contributed by atoms with Gasteiger partial charge >= 0.3 is 0 Å². The van der Waals surface area contributed by atoms with E-state index in [1.807, 2.05) is 0 Å². The number of carbonyl (C=O) groups excluding carboxylic acids is 1. The molecule has 25 heavy (non-hydrogen) atoms. The Bertz CT molecular complexity index is 873. The number of nitro benzene ring substituents is 1.